The van der Waals surface area contributed by atoms with Gasteiger partial charge in [-0.3, -0.25) is 14.6 Å². The van der Waals surface area contributed by atoms with Crippen LogP contribution in [-0.4, -0.2) is 77.2 Å². The zero-order valence-corrected chi connectivity index (χ0v) is 16.7. The van der Waals surface area contributed by atoms with Crippen LogP contribution < -0.4 is 0 Å². The first-order chi connectivity index (χ1) is 14.6. The third-order valence-electron chi connectivity index (χ3n) is 5.71. The quantitative estimate of drug-likeness (QED) is 0.764. The van der Waals surface area contributed by atoms with Crippen LogP contribution in [0.3, 0.4) is 0 Å². The monoisotopic (exact) mass is 405 g/mol. The molecule has 2 fully saturated rings. The molecule has 0 radical (unpaired) electrons. The molecule has 7 heteroatoms. The van der Waals surface area contributed by atoms with Crippen molar-refractivity contribution in [2.75, 3.05) is 33.4 Å². The van der Waals surface area contributed by atoms with E-state index in [-0.39, 0.29) is 43.0 Å². The van der Waals surface area contributed by atoms with Gasteiger partial charge in [-0.15, -0.1) is 0 Å². The molecule has 3 atom stereocenters. The lowest BCUT2D eigenvalue weighted by molar-refractivity contribution is -0.159. The number of benzene rings is 1. The molecule has 0 aliphatic carbocycles. The number of amides is 2. The number of aliphatic hydroxyl groups is 1. The zero-order valence-electron chi connectivity index (χ0n) is 16.7. The number of carbonyl (C=O) groups is 2. The van der Waals surface area contributed by atoms with Crippen LogP contribution in [-0.2, 0) is 9.53 Å². The highest BCUT2D eigenvalue weighted by Gasteiger charge is 2.54. The number of piperazine rings is 1. The van der Waals surface area contributed by atoms with Crippen LogP contribution in [0, 0.1) is 11.8 Å². The second-order valence-electron chi connectivity index (χ2n) is 7.42. The number of aromatic nitrogens is 1. The van der Waals surface area contributed by atoms with Crippen molar-refractivity contribution in [3.63, 3.8) is 0 Å². The van der Waals surface area contributed by atoms with Crippen LogP contribution in [0.25, 0.3) is 0 Å². The van der Waals surface area contributed by atoms with Gasteiger partial charge >= 0.3 is 0 Å². The SMILES string of the molecule is COCC#Cc1ccc([C@H]2[C@@H](CO)N3C(=O)CN(C(=O)c4ccncc4)C[C@@H]23)cc1. The number of hydrogen-bond acceptors (Lipinski definition) is 5. The van der Waals surface area contributed by atoms with Crippen molar-refractivity contribution in [1.29, 1.82) is 0 Å². The van der Waals surface area contributed by atoms with Crippen molar-refractivity contribution in [2.24, 2.45) is 0 Å². The normalized spacial score (nSPS) is 22.6. The smallest absolute Gasteiger partial charge is 0.254 e. The number of carbonyl (C=O) groups excluding carboxylic acids is 2. The number of hydrogen-bond donors (Lipinski definition) is 1. The lowest BCUT2D eigenvalue weighted by atomic mass is 9.73. The van der Waals surface area contributed by atoms with Crippen molar-refractivity contribution >= 4 is 11.8 Å². The van der Waals surface area contributed by atoms with Gasteiger partial charge < -0.3 is 19.6 Å². The summed E-state index contributed by atoms with van der Waals surface area (Å²) in [4.78, 5) is 32.8. The lowest BCUT2D eigenvalue weighted by Gasteiger charge is -2.58. The summed E-state index contributed by atoms with van der Waals surface area (Å²) in [6, 6.07) is 10.7. The number of fused-ring (bicyclic) bond motifs is 1. The zero-order chi connectivity index (χ0) is 21.1. The van der Waals surface area contributed by atoms with E-state index in [9.17, 15) is 14.7 Å². The first-order valence-electron chi connectivity index (χ1n) is 9.83. The molecule has 0 spiro atoms. The summed E-state index contributed by atoms with van der Waals surface area (Å²) in [5.74, 6) is 5.60. The number of ether oxygens (including phenoxy) is 1. The average molecular weight is 405 g/mol. The maximum Gasteiger partial charge on any atom is 0.254 e. The Kier molecular flexibility index (Phi) is 5.79. The minimum Gasteiger partial charge on any atom is -0.394 e. The molecule has 4 rings (SSSR count). The van der Waals surface area contributed by atoms with E-state index in [1.807, 2.05) is 24.3 Å². The molecule has 7 nitrogen and oxygen atoms in total. The molecule has 2 saturated heterocycles. The van der Waals surface area contributed by atoms with Gasteiger partial charge in [0.15, 0.2) is 0 Å². The Morgan fingerprint density at radius 2 is 1.97 bits per heavy atom. The molecule has 0 saturated carbocycles. The molecule has 2 aliphatic heterocycles. The van der Waals surface area contributed by atoms with Gasteiger partial charge in [0.2, 0.25) is 5.91 Å². The molecular weight excluding hydrogens is 382 g/mol. The molecule has 3 heterocycles. The summed E-state index contributed by atoms with van der Waals surface area (Å²) >= 11 is 0. The minimum atomic E-state index is -0.272. The van der Waals surface area contributed by atoms with Gasteiger partial charge in [-0.1, -0.05) is 24.0 Å². The minimum absolute atomic E-state index is 0.0227. The fraction of sp³-hybridized carbons (Fsp3) is 0.348. The molecule has 2 aromatic rings. The van der Waals surface area contributed by atoms with Crippen LogP contribution in [0.5, 0.6) is 0 Å². The Hall–Kier alpha value is -3.21. The van der Waals surface area contributed by atoms with Crippen LogP contribution in [0.4, 0.5) is 0 Å². The van der Waals surface area contributed by atoms with Gasteiger partial charge in [-0.25, -0.2) is 0 Å². The summed E-state index contributed by atoms with van der Waals surface area (Å²) in [5, 5.41) is 9.91. The average Bonchev–Trinajstić information content (AvgIpc) is 2.76. The van der Waals surface area contributed by atoms with Crippen LogP contribution in [0.1, 0.15) is 27.4 Å². The lowest BCUT2D eigenvalue weighted by Crippen LogP contribution is -2.73. The van der Waals surface area contributed by atoms with Crippen LogP contribution in [0.2, 0.25) is 0 Å². The highest BCUT2D eigenvalue weighted by Crippen LogP contribution is 2.43. The largest absolute Gasteiger partial charge is 0.394 e. The number of methoxy groups -OCH3 is 1. The topological polar surface area (TPSA) is 83.0 Å². The number of nitrogens with zero attached hydrogens (tertiary/aromatic N) is 3. The van der Waals surface area contributed by atoms with Gasteiger partial charge in [-0.05, 0) is 29.8 Å². The summed E-state index contributed by atoms with van der Waals surface area (Å²) in [7, 11) is 1.60. The molecule has 2 amide bonds. The highest BCUT2D eigenvalue weighted by molar-refractivity contribution is 5.97. The van der Waals surface area contributed by atoms with E-state index in [0.717, 1.165) is 11.1 Å². The fourth-order valence-electron chi connectivity index (χ4n) is 4.33. The third kappa shape index (κ3) is 3.67. The maximum absolute atomic E-state index is 12.8. The molecule has 0 bridgehead atoms. The van der Waals surface area contributed by atoms with Crippen molar-refractivity contribution in [1.82, 2.24) is 14.8 Å². The molecule has 1 N–H and O–H groups in total. The first-order valence-corrected chi connectivity index (χ1v) is 9.83. The summed E-state index contributed by atoms with van der Waals surface area (Å²) < 4.78 is 4.94. The van der Waals surface area contributed by atoms with Gasteiger partial charge in [0.1, 0.15) is 13.2 Å². The van der Waals surface area contributed by atoms with Crippen molar-refractivity contribution in [2.45, 2.75) is 18.0 Å². The van der Waals surface area contributed by atoms with E-state index in [1.54, 1.807) is 41.4 Å². The number of rotatable bonds is 4. The Labute approximate surface area is 175 Å². The first kappa shape index (κ1) is 20.1. The molecule has 2 aliphatic rings. The second kappa shape index (κ2) is 8.66. The van der Waals surface area contributed by atoms with Gasteiger partial charge in [-0.2, -0.15) is 0 Å². The van der Waals surface area contributed by atoms with E-state index in [2.05, 4.69) is 16.8 Å². The summed E-state index contributed by atoms with van der Waals surface area (Å²) in [6.07, 6.45) is 3.13. The van der Waals surface area contributed by atoms with E-state index in [1.165, 1.54) is 0 Å². The van der Waals surface area contributed by atoms with Crippen molar-refractivity contribution in [3.05, 3.63) is 65.5 Å². The van der Waals surface area contributed by atoms with E-state index in [0.29, 0.717) is 18.7 Å². The molecular formula is C23H23N3O4. The summed E-state index contributed by atoms with van der Waals surface area (Å²) in [5.41, 5.74) is 2.42. The van der Waals surface area contributed by atoms with Gasteiger partial charge in [0, 0.05) is 43.1 Å². The standard InChI is InChI=1S/C23H23N3O4/c1-30-12-2-3-16-4-6-17(7-5-16)22-19-13-25(14-21(28)26(19)20(22)15-27)23(29)18-8-10-24-11-9-18/h4-11,19-20,22,27H,12-15H2,1H3/t19-,20+,22+/m0/s1. The van der Waals surface area contributed by atoms with Crippen molar-refractivity contribution < 1.29 is 19.4 Å². The maximum atomic E-state index is 12.8. The molecule has 154 valence electrons. The third-order valence-corrected chi connectivity index (χ3v) is 5.71. The Bertz CT molecular complexity index is 981. The molecule has 30 heavy (non-hydrogen) atoms. The Morgan fingerprint density at radius 1 is 1.23 bits per heavy atom. The highest BCUT2D eigenvalue weighted by atomic mass is 16.5. The number of pyridine rings is 1. The fourth-order valence-corrected chi connectivity index (χ4v) is 4.33. The molecule has 1 aromatic heterocycles. The van der Waals surface area contributed by atoms with Crippen LogP contribution >= 0.6 is 0 Å². The van der Waals surface area contributed by atoms with Gasteiger partial charge in [0.05, 0.1) is 18.7 Å². The molecule has 0 unspecified atom stereocenters. The van der Waals surface area contributed by atoms with E-state index >= 15 is 0 Å². The van der Waals surface area contributed by atoms with E-state index in [4.69, 9.17) is 4.74 Å². The summed E-state index contributed by atoms with van der Waals surface area (Å²) in [6.45, 7) is 0.719. The Morgan fingerprint density at radius 3 is 2.63 bits per heavy atom. The van der Waals surface area contributed by atoms with Crippen LogP contribution in [0.15, 0.2) is 48.8 Å². The van der Waals surface area contributed by atoms with Gasteiger partial charge in [0.25, 0.3) is 5.91 Å². The van der Waals surface area contributed by atoms with E-state index < -0.39 is 0 Å². The molecule has 1 aromatic carbocycles. The predicted octanol–water partition coefficient (Wildman–Crippen LogP) is 0.891. The number of aliphatic hydroxyl groups excluding tert-OH is 1. The Balaban J connectivity index is 1.54. The predicted molar refractivity (Wildman–Crippen MR) is 110 cm³/mol. The second-order valence-corrected chi connectivity index (χ2v) is 7.42. The van der Waals surface area contributed by atoms with Crippen molar-refractivity contribution in [3.8, 4) is 11.8 Å².